The summed E-state index contributed by atoms with van der Waals surface area (Å²) in [7, 11) is 0. The van der Waals surface area contributed by atoms with E-state index in [0.29, 0.717) is 5.41 Å². The molecule has 0 radical (unpaired) electrons. The molecule has 2 atom stereocenters. The minimum atomic E-state index is 0.556. The summed E-state index contributed by atoms with van der Waals surface area (Å²) in [6.45, 7) is 9.47. The van der Waals surface area contributed by atoms with Crippen molar-refractivity contribution >= 4 is 0 Å². The van der Waals surface area contributed by atoms with Gasteiger partial charge in [0.25, 0.3) is 0 Å². The third-order valence-electron chi connectivity index (χ3n) is 5.21. The number of benzene rings is 1. The van der Waals surface area contributed by atoms with Crippen molar-refractivity contribution < 1.29 is 0 Å². The molecule has 1 aliphatic carbocycles. The molecule has 1 N–H and O–H groups in total. The zero-order valence-corrected chi connectivity index (χ0v) is 14.2. The van der Waals surface area contributed by atoms with E-state index in [1.54, 1.807) is 0 Å². The van der Waals surface area contributed by atoms with Crippen molar-refractivity contribution in [2.24, 2.45) is 17.3 Å². The van der Waals surface area contributed by atoms with Gasteiger partial charge in [-0.1, -0.05) is 51.1 Å². The van der Waals surface area contributed by atoms with Crippen LogP contribution in [0.1, 0.15) is 58.4 Å². The molecule has 0 spiro atoms. The van der Waals surface area contributed by atoms with Crippen LogP contribution in [0.5, 0.6) is 0 Å². The average Bonchev–Trinajstić information content (AvgIpc) is 2.47. The van der Waals surface area contributed by atoms with Crippen LogP contribution in [-0.4, -0.2) is 13.1 Å². The fourth-order valence-electron chi connectivity index (χ4n) is 3.94. The number of aryl methyl sites for hydroxylation is 1. The van der Waals surface area contributed by atoms with E-state index < -0.39 is 0 Å². The van der Waals surface area contributed by atoms with E-state index in [1.165, 1.54) is 50.6 Å². The SMILES string of the molecule is CCNCC1CCC(C)(C)CC1CCCc1ccccc1. The van der Waals surface area contributed by atoms with E-state index in [-0.39, 0.29) is 0 Å². The zero-order valence-electron chi connectivity index (χ0n) is 14.2. The van der Waals surface area contributed by atoms with E-state index in [1.807, 2.05) is 0 Å². The Bertz CT molecular complexity index is 396. The molecule has 118 valence electrons. The molecule has 1 aromatic carbocycles. The lowest BCUT2D eigenvalue weighted by Gasteiger charge is -2.41. The maximum absolute atomic E-state index is 3.58. The molecule has 0 aliphatic heterocycles. The molecule has 0 aromatic heterocycles. The van der Waals surface area contributed by atoms with E-state index >= 15 is 0 Å². The number of nitrogens with one attached hydrogen (secondary N) is 1. The van der Waals surface area contributed by atoms with Gasteiger partial charge in [0.1, 0.15) is 0 Å². The highest BCUT2D eigenvalue weighted by Gasteiger charge is 2.33. The average molecular weight is 287 g/mol. The van der Waals surface area contributed by atoms with Crippen LogP contribution in [0.25, 0.3) is 0 Å². The molecule has 1 aliphatic rings. The minimum absolute atomic E-state index is 0.556. The Balaban J connectivity index is 1.84. The fourth-order valence-corrected chi connectivity index (χ4v) is 3.94. The third-order valence-corrected chi connectivity index (χ3v) is 5.21. The van der Waals surface area contributed by atoms with Gasteiger partial charge in [-0.2, -0.15) is 0 Å². The Labute approximate surface area is 131 Å². The van der Waals surface area contributed by atoms with Crippen molar-refractivity contribution in [2.45, 2.75) is 59.3 Å². The van der Waals surface area contributed by atoms with E-state index in [9.17, 15) is 0 Å². The highest BCUT2D eigenvalue weighted by molar-refractivity contribution is 5.14. The predicted molar refractivity (Wildman–Crippen MR) is 92.5 cm³/mol. The van der Waals surface area contributed by atoms with Gasteiger partial charge in [-0.25, -0.2) is 0 Å². The standard InChI is InChI=1S/C20H33N/c1-4-21-16-19-13-14-20(2,3)15-18(19)12-8-11-17-9-6-5-7-10-17/h5-7,9-10,18-19,21H,4,8,11-16H2,1-3H3. The molecule has 1 heteroatoms. The second kappa shape index (κ2) is 7.98. The van der Waals surface area contributed by atoms with Crippen LogP contribution in [0.15, 0.2) is 30.3 Å². The highest BCUT2D eigenvalue weighted by Crippen LogP contribution is 2.43. The van der Waals surface area contributed by atoms with Crippen LogP contribution in [0, 0.1) is 17.3 Å². The topological polar surface area (TPSA) is 12.0 Å². The zero-order chi connectivity index (χ0) is 15.1. The third kappa shape index (κ3) is 5.47. The van der Waals surface area contributed by atoms with Crippen molar-refractivity contribution in [2.75, 3.05) is 13.1 Å². The maximum Gasteiger partial charge on any atom is -0.00180 e. The largest absolute Gasteiger partial charge is 0.317 e. The molecule has 0 bridgehead atoms. The molecule has 1 fully saturated rings. The minimum Gasteiger partial charge on any atom is -0.317 e. The van der Waals surface area contributed by atoms with Gasteiger partial charge in [-0.05, 0) is 74.4 Å². The molecule has 21 heavy (non-hydrogen) atoms. The molecule has 0 amide bonds. The number of hydrogen-bond acceptors (Lipinski definition) is 1. The number of hydrogen-bond donors (Lipinski definition) is 1. The first kappa shape index (κ1) is 16.5. The van der Waals surface area contributed by atoms with Crippen molar-refractivity contribution in [1.82, 2.24) is 5.32 Å². The van der Waals surface area contributed by atoms with Gasteiger partial charge in [0, 0.05) is 0 Å². The van der Waals surface area contributed by atoms with Crippen molar-refractivity contribution in [3.05, 3.63) is 35.9 Å². The van der Waals surface area contributed by atoms with E-state index in [0.717, 1.165) is 18.4 Å². The van der Waals surface area contributed by atoms with Crippen LogP contribution in [-0.2, 0) is 6.42 Å². The second-order valence-electron chi connectivity index (χ2n) is 7.61. The normalized spacial score (nSPS) is 24.9. The van der Waals surface area contributed by atoms with Crippen LogP contribution < -0.4 is 5.32 Å². The first-order valence-corrected chi connectivity index (χ1v) is 8.85. The van der Waals surface area contributed by atoms with Crippen LogP contribution in [0.3, 0.4) is 0 Å². The highest BCUT2D eigenvalue weighted by atomic mass is 14.8. The van der Waals surface area contributed by atoms with Gasteiger partial charge in [-0.15, -0.1) is 0 Å². The molecule has 1 aromatic rings. The van der Waals surface area contributed by atoms with Crippen molar-refractivity contribution in [3.8, 4) is 0 Å². The summed E-state index contributed by atoms with van der Waals surface area (Å²) in [6.07, 6.45) is 8.21. The summed E-state index contributed by atoms with van der Waals surface area (Å²) in [6, 6.07) is 11.0. The Morgan fingerprint density at radius 3 is 2.62 bits per heavy atom. The monoisotopic (exact) mass is 287 g/mol. The van der Waals surface area contributed by atoms with Crippen LogP contribution in [0.4, 0.5) is 0 Å². The lowest BCUT2D eigenvalue weighted by Crippen LogP contribution is -2.36. The van der Waals surface area contributed by atoms with Gasteiger partial charge in [0.05, 0.1) is 0 Å². The number of rotatable bonds is 7. The maximum atomic E-state index is 3.58. The van der Waals surface area contributed by atoms with Crippen molar-refractivity contribution in [1.29, 1.82) is 0 Å². The molecule has 0 heterocycles. The molecular formula is C20H33N. The molecule has 2 unspecified atom stereocenters. The van der Waals surface area contributed by atoms with Gasteiger partial charge in [0.2, 0.25) is 0 Å². The Kier molecular flexibility index (Phi) is 6.29. The molecule has 0 saturated heterocycles. The molecular weight excluding hydrogens is 254 g/mol. The summed E-state index contributed by atoms with van der Waals surface area (Å²) in [5, 5.41) is 3.58. The predicted octanol–water partition coefficient (Wildman–Crippen LogP) is 5.06. The Morgan fingerprint density at radius 2 is 1.90 bits per heavy atom. The Hall–Kier alpha value is -0.820. The first-order valence-electron chi connectivity index (χ1n) is 8.85. The van der Waals surface area contributed by atoms with Gasteiger partial charge >= 0.3 is 0 Å². The second-order valence-corrected chi connectivity index (χ2v) is 7.61. The fraction of sp³-hybridized carbons (Fsp3) is 0.700. The van der Waals surface area contributed by atoms with E-state index in [4.69, 9.17) is 0 Å². The van der Waals surface area contributed by atoms with Crippen molar-refractivity contribution in [3.63, 3.8) is 0 Å². The smallest absolute Gasteiger partial charge is 0.00180 e. The van der Waals surface area contributed by atoms with E-state index in [2.05, 4.69) is 56.4 Å². The molecule has 1 nitrogen and oxygen atoms in total. The Morgan fingerprint density at radius 1 is 1.14 bits per heavy atom. The molecule has 2 rings (SSSR count). The summed E-state index contributed by atoms with van der Waals surface area (Å²) in [4.78, 5) is 0. The van der Waals surface area contributed by atoms with Crippen LogP contribution >= 0.6 is 0 Å². The summed E-state index contributed by atoms with van der Waals surface area (Å²) in [5.74, 6) is 1.81. The molecule has 1 saturated carbocycles. The van der Waals surface area contributed by atoms with Gasteiger partial charge < -0.3 is 5.32 Å². The lowest BCUT2D eigenvalue weighted by atomic mass is 9.66. The quantitative estimate of drug-likeness (QED) is 0.739. The van der Waals surface area contributed by atoms with Gasteiger partial charge in [-0.3, -0.25) is 0 Å². The van der Waals surface area contributed by atoms with Crippen LogP contribution in [0.2, 0.25) is 0 Å². The summed E-state index contributed by atoms with van der Waals surface area (Å²) in [5.41, 5.74) is 2.05. The lowest BCUT2D eigenvalue weighted by molar-refractivity contribution is 0.109. The first-order chi connectivity index (χ1) is 10.1. The summed E-state index contributed by atoms with van der Waals surface area (Å²) < 4.78 is 0. The van der Waals surface area contributed by atoms with Gasteiger partial charge in [0.15, 0.2) is 0 Å². The summed E-state index contributed by atoms with van der Waals surface area (Å²) >= 11 is 0.